The molecule has 0 nitrogen and oxygen atoms in total. The monoisotopic (exact) mass is 1240 g/mol. The Labute approximate surface area is 577 Å². The SMILES string of the molecule is CCCC(C)C1=CC([Si](C)(C)C)c2ccccc21.CCCC(C)C1=CC([Si](C)(C)C2C=Cc3c2cc2c(c3-c3ccccc3)CCC2)c2ccccc21.CCCC(C)C1CC([Si](C)(C)C2CCC3C2CC2CCCC2C3c2ccccc2)C2CCCCC12.[Li+].[Li+]. The van der Waals surface area contributed by atoms with Crippen LogP contribution in [0.4, 0.5) is 0 Å². The molecule has 0 amide bonds. The summed E-state index contributed by atoms with van der Waals surface area (Å²) in [6, 6.07) is 44.1. The van der Waals surface area contributed by atoms with Gasteiger partial charge in [-0.15, -0.1) is 0 Å². The molecule has 5 fully saturated rings. The topological polar surface area (TPSA) is 0 Å². The molecule has 0 saturated heterocycles. The second-order valence-corrected chi connectivity index (χ2v) is 48.5. The van der Waals surface area contributed by atoms with Crippen LogP contribution in [-0.4, -0.2) is 24.2 Å². The van der Waals surface area contributed by atoms with Crippen molar-refractivity contribution in [2.24, 2.45) is 59.2 Å². The molecule has 470 valence electrons. The van der Waals surface area contributed by atoms with Gasteiger partial charge in [-0.1, -0.05) is 291 Å². The van der Waals surface area contributed by atoms with Gasteiger partial charge in [0.2, 0.25) is 0 Å². The zero-order valence-electron chi connectivity index (χ0n) is 59.7. The Morgan fingerprint density at radius 1 is 0.478 bits per heavy atom. The van der Waals surface area contributed by atoms with E-state index in [1.807, 2.05) is 0 Å². The Morgan fingerprint density at radius 2 is 1.06 bits per heavy atom. The summed E-state index contributed by atoms with van der Waals surface area (Å²) in [5, 5.41) is 0. The van der Waals surface area contributed by atoms with E-state index in [-0.39, 0.29) is 37.7 Å². The van der Waals surface area contributed by atoms with Crippen molar-refractivity contribution in [2.45, 2.75) is 249 Å². The van der Waals surface area contributed by atoms with E-state index in [1.165, 1.54) is 118 Å². The summed E-state index contributed by atoms with van der Waals surface area (Å²) < 4.78 is 0. The van der Waals surface area contributed by atoms with Gasteiger partial charge in [0.05, 0.1) is 24.2 Å². The minimum Gasteiger partial charge on any atom is -0.0791 e. The van der Waals surface area contributed by atoms with Crippen LogP contribution in [-0.2, 0) is 12.8 Å². The minimum atomic E-state index is -1.77. The Balaban J connectivity index is 0.000000155. The molecule has 0 bridgehead atoms. The summed E-state index contributed by atoms with van der Waals surface area (Å²) in [4.78, 5) is 0. The Kier molecular flexibility index (Phi) is 23.1. The van der Waals surface area contributed by atoms with Gasteiger partial charge in [-0.25, -0.2) is 0 Å². The summed E-state index contributed by atoms with van der Waals surface area (Å²) >= 11 is 0. The zero-order chi connectivity index (χ0) is 61.6. The molecule has 5 aromatic carbocycles. The fourth-order valence-corrected chi connectivity index (χ4v) is 33.1. The van der Waals surface area contributed by atoms with Gasteiger partial charge >= 0.3 is 37.7 Å². The molecular formula is C85H118Li2Si3+2. The van der Waals surface area contributed by atoms with Gasteiger partial charge in [0.1, 0.15) is 0 Å². The Morgan fingerprint density at radius 3 is 1.69 bits per heavy atom. The molecule has 5 aromatic rings. The van der Waals surface area contributed by atoms with Crippen molar-refractivity contribution in [3.8, 4) is 11.1 Å². The van der Waals surface area contributed by atoms with E-state index >= 15 is 0 Å². The van der Waals surface area contributed by atoms with Gasteiger partial charge in [0, 0.05) is 0 Å². The van der Waals surface area contributed by atoms with Crippen molar-refractivity contribution in [1.29, 1.82) is 0 Å². The number of rotatable bonds is 16. The van der Waals surface area contributed by atoms with Crippen LogP contribution in [0.3, 0.4) is 0 Å². The molecule has 0 heterocycles. The molecule has 5 heteroatoms. The molecule has 0 spiro atoms. The van der Waals surface area contributed by atoms with Crippen molar-refractivity contribution in [3.05, 3.63) is 184 Å². The minimum absolute atomic E-state index is 0. The van der Waals surface area contributed by atoms with Gasteiger partial charge in [-0.05, 0) is 229 Å². The first-order chi connectivity index (χ1) is 42.5. The Hall–Kier alpha value is -2.83. The summed E-state index contributed by atoms with van der Waals surface area (Å²) in [6.45, 7) is 33.1. The summed E-state index contributed by atoms with van der Waals surface area (Å²) in [7, 11) is -4.27. The third kappa shape index (κ3) is 13.5. The second-order valence-electron chi connectivity index (χ2n) is 33.1. The van der Waals surface area contributed by atoms with E-state index in [1.54, 1.807) is 83.1 Å². The molecule has 0 radical (unpaired) electrons. The summed E-state index contributed by atoms with van der Waals surface area (Å²) in [6.07, 6.45) is 39.2. The molecule has 90 heavy (non-hydrogen) atoms. The maximum absolute atomic E-state index is 2.92. The first-order valence-corrected chi connectivity index (χ1v) is 46.9. The maximum atomic E-state index is 2.92. The number of aryl methyl sites for hydroxylation is 1. The molecule has 16 atom stereocenters. The van der Waals surface area contributed by atoms with Crippen molar-refractivity contribution < 1.29 is 37.7 Å². The molecular weight excluding hydrogens is 1120 g/mol. The first kappa shape index (κ1) is 70.0. The van der Waals surface area contributed by atoms with Crippen LogP contribution in [0.5, 0.6) is 0 Å². The van der Waals surface area contributed by atoms with E-state index in [9.17, 15) is 0 Å². The average molecular weight is 1240 g/mol. The van der Waals surface area contributed by atoms with Crippen molar-refractivity contribution >= 4 is 41.4 Å². The van der Waals surface area contributed by atoms with E-state index in [0.717, 1.165) is 64.3 Å². The van der Waals surface area contributed by atoms with Gasteiger partial charge in [0.25, 0.3) is 0 Å². The van der Waals surface area contributed by atoms with E-state index in [2.05, 4.69) is 227 Å². The van der Waals surface area contributed by atoms with Crippen molar-refractivity contribution in [1.82, 2.24) is 0 Å². The molecule has 0 aliphatic heterocycles. The second kappa shape index (κ2) is 29.7. The van der Waals surface area contributed by atoms with Crippen LogP contribution in [0.15, 0.2) is 133 Å². The summed E-state index contributed by atoms with van der Waals surface area (Å²) in [5.41, 5.74) is 24.5. The van der Waals surface area contributed by atoms with Crippen LogP contribution in [0, 0.1) is 59.2 Å². The summed E-state index contributed by atoms with van der Waals surface area (Å²) in [5.74, 6) is 10.5. The van der Waals surface area contributed by atoms with Gasteiger partial charge < -0.3 is 0 Å². The molecule has 9 aliphatic rings. The van der Waals surface area contributed by atoms with Crippen LogP contribution in [0.1, 0.15) is 230 Å². The van der Waals surface area contributed by atoms with Crippen LogP contribution < -0.4 is 37.7 Å². The van der Waals surface area contributed by atoms with Gasteiger partial charge in [-0.2, -0.15) is 0 Å². The first-order valence-electron chi connectivity index (χ1n) is 37.0. The molecule has 0 aromatic heterocycles. The molecule has 0 N–H and O–H groups in total. The number of allylic oxidation sites excluding steroid dienone is 5. The van der Waals surface area contributed by atoms with Gasteiger partial charge in [-0.3, -0.25) is 0 Å². The van der Waals surface area contributed by atoms with Crippen LogP contribution >= 0.6 is 0 Å². The van der Waals surface area contributed by atoms with Crippen molar-refractivity contribution in [2.75, 3.05) is 0 Å². The third-order valence-electron chi connectivity index (χ3n) is 26.4. The van der Waals surface area contributed by atoms with E-state index in [0.29, 0.717) is 28.5 Å². The van der Waals surface area contributed by atoms with Gasteiger partial charge in [0.15, 0.2) is 0 Å². The van der Waals surface area contributed by atoms with Crippen LogP contribution in [0.25, 0.3) is 28.3 Å². The fraction of sp³-hybridized carbons (Fsp3) is 0.576. The van der Waals surface area contributed by atoms with Crippen molar-refractivity contribution in [3.63, 3.8) is 0 Å². The number of hydrogen-bond donors (Lipinski definition) is 0. The smallest absolute Gasteiger partial charge is 0.0791 e. The quantitative estimate of drug-likeness (QED) is 0.0864. The molecule has 5 saturated carbocycles. The Bertz CT molecular complexity index is 3290. The molecule has 16 unspecified atom stereocenters. The predicted molar refractivity (Wildman–Crippen MR) is 392 cm³/mol. The molecule has 14 rings (SSSR count). The number of hydrogen-bond acceptors (Lipinski definition) is 0. The zero-order valence-corrected chi connectivity index (χ0v) is 62.7. The number of benzene rings is 5. The van der Waals surface area contributed by atoms with E-state index in [4.69, 9.17) is 0 Å². The standard InChI is InChI=1S/C34H54Si.C34H38Si.C17H26Si.2Li/c2*1-5-12-23(2)30-22-33(28-17-10-9-16-27(28)30)35(3,4)32-20-19-29-31(32)21-25-15-11-18-26(25)34(29)24-13-7-6-8-14-24;1-6-9-13(2)16-12-17(18(3,4)5)15-11-8-7-10-14(15)16;;/h6-8,13-14,23,25-34H,5,9-12,15-22H2,1-4H3;6-10,13-14,16-17,19-23,32-33H,5,11-12,15,18H2,1-4H3;7-8,10-13,17H,6,9H2,1-5H3;;/q;;;2*+1. The predicted octanol–water partition coefficient (Wildman–Crippen LogP) is 19.2. The van der Waals surface area contributed by atoms with E-state index < -0.39 is 24.2 Å². The fourth-order valence-electron chi connectivity index (χ4n) is 22.2. The largest absolute Gasteiger partial charge is 1.00 e. The number of fused-ring (bicyclic) bond motifs is 7. The average Bonchev–Trinajstić information content (AvgIpc) is 1.91. The van der Waals surface area contributed by atoms with Crippen LogP contribution in [0.2, 0.25) is 56.9 Å². The third-order valence-corrected chi connectivity index (χ3v) is 38.1. The molecule has 9 aliphatic carbocycles. The normalized spacial score (nSPS) is 29.4. The maximum Gasteiger partial charge on any atom is 1.00 e.